The third-order valence-electron chi connectivity index (χ3n) is 4.96. The van der Waals surface area contributed by atoms with E-state index in [9.17, 15) is 4.79 Å². The Morgan fingerprint density at radius 2 is 2.10 bits per heavy atom. The van der Waals surface area contributed by atoms with E-state index in [0.717, 1.165) is 51.3 Å². The molecule has 0 spiro atoms. The van der Waals surface area contributed by atoms with Gasteiger partial charge in [0.25, 0.3) is 0 Å². The van der Waals surface area contributed by atoms with E-state index in [-0.39, 0.29) is 17.4 Å². The van der Waals surface area contributed by atoms with Crippen molar-refractivity contribution in [2.75, 3.05) is 31.1 Å². The number of nitrogens with two attached hydrogens (primary N) is 1. The van der Waals surface area contributed by atoms with E-state index in [2.05, 4.69) is 14.9 Å². The van der Waals surface area contributed by atoms with Crippen LogP contribution in [0.3, 0.4) is 0 Å². The van der Waals surface area contributed by atoms with Gasteiger partial charge in [0.15, 0.2) is 0 Å². The summed E-state index contributed by atoms with van der Waals surface area (Å²) < 4.78 is 0. The number of hydrogen-bond acceptors (Lipinski definition) is 5. The summed E-state index contributed by atoms with van der Waals surface area (Å²) in [4.78, 5) is 25.3. The largest absolute Gasteiger partial charge is 0.352 e. The van der Waals surface area contributed by atoms with Crippen molar-refractivity contribution >= 4 is 11.7 Å². The number of hydrogen-bond donors (Lipinski definition) is 1. The van der Waals surface area contributed by atoms with Gasteiger partial charge in [-0.2, -0.15) is 0 Å². The lowest BCUT2D eigenvalue weighted by molar-refractivity contribution is -0.142. The Morgan fingerprint density at radius 3 is 2.67 bits per heavy atom. The highest BCUT2D eigenvalue weighted by Gasteiger charge is 2.45. The average molecular weight is 289 g/mol. The maximum Gasteiger partial charge on any atom is 0.230 e. The van der Waals surface area contributed by atoms with E-state index in [0.29, 0.717) is 0 Å². The van der Waals surface area contributed by atoms with Crippen LogP contribution >= 0.6 is 0 Å². The van der Waals surface area contributed by atoms with E-state index in [1.54, 1.807) is 18.6 Å². The maximum absolute atomic E-state index is 12.8. The SMILES string of the molecule is CC1(C(=O)N2CCN(c3cnccn3)CC2)CCCC1N. The van der Waals surface area contributed by atoms with Crippen LogP contribution < -0.4 is 10.6 Å². The molecule has 1 aliphatic carbocycles. The molecule has 1 aliphatic heterocycles. The number of rotatable bonds is 2. The average Bonchev–Trinajstić information content (AvgIpc) is 2.88. The van der Waals surface area contributed by atoms with Crippen molar-refractivity contribution in [2.45, 2.75) is 32.2 Å². The summed E-state index contributed by atoms with van der Waals surface area (Å²) in [6.07, 6.45) is 8.07. The van der Waals surface area contributed by atoms with E-state index < -0.39 is 0 Å². The van der Waals surface area contributed by atoms with Gasteiger partial charge < -0.3 is 15.5 Å². The summed E-state index contributed by atoms with van der Waals surface area (Å²) >= 11 is 0. The zero-order valence-electron chi connectivity index (χ0n) is 12.5. The fraction of sp³-hybridized carbons (Fsp3) is 0.667. The molecule has 0 radical (unpaired) electrons. The standard InChI is InChI=1S/C15H23N5O/c1-15(4-2-3-12(15)16)14(21)20-9-7-19(8-10-20)13-11-17-5-6-18-13/h5-6,11-12H,2-4,7-10,16H2,1H3. The molecule has 21 heavy (non-hydrogen) atoms. The molecule has 2 heterocycles. The maximum atomic E-state index is 12.8. The zero-order chi connectivity index (χ0) is 14.9. The summed E-state index contributed by atoms with van der Waals surface area (Å²) in [7, 11) is 0. The van der Waals surface area contributed by atoms with Gasteiger partial charge in [-0.1, -0.05) is 6.42 Å². The molecule has 1 aromatic rings. The summed E-state index contributed by atoms with van der Waals surface area (Å²) in [5.74, 6) is 1.11. The Kier molecular flexibility index (Phi) is 3.80. The van der Waals surface area contributed by atoms with Crippen LogP contribution in [0, 0.1) is 5.41 Å². The number of piperazine rings is 1. The van der Waals surface area contributed by atoms with E-state index >= 15 is 0 Å². The Labute approximate surface area is 125 Å². The Morgan fingerprint density at radius 1 is 1.33 bits per heavy atom. The number of aromatic nitrogens is 2. The minimum atomic E-state index is -0.366. The fourth-order valence-corrected chi connectivity index (χ4v) is 3.41. The van der Waals surface area contributed by atoms with Crippen LogP contribution in [-0.4, -0.2) is 53.0 Å². The van der Waals surface area contributed by atoms with Crippen molar-refractivity contribution in [3.05, 3.63) is 18.6 Å². The number of carbonyl (C=O) groups excluding carboxylic acids is 1. The number of anilines is 1. The second-order valence-corrected chi connectivity index (χ2v) is 6.26. The van der Waals surface area contributed by atoms with Crippen LogP contribution in [0.4, 0.5) is 5.82 Å². The smallest absolute Gasteiger partial charge is 0.230 e. The highest BCUT2D eigenvalue weighted by molar-refractivity contribution is 5.83. The topological polar surface area (TPSA) is 75.4 Å². The van der Waals surface area contributed by atoms with E-state index in [1.165, 1.54) is 0 Å². The second-order valence-electron chi connectivity index (χ2n) is 6.26. The lowest BCUT2D eigenvalue weighted by Gasteiger charge is -2.40. The molecule has 2 N–H and O–H groups in total. The van der Waals surface area contributed by atoms with Gasteiger partial charge in [0.2, 0.25) is 5.91 Å². The molecule has 6 nitrogen and oxygen atoms in total. The first-order valence-corrected chi connectivity index (χ1v) is 7.67. The molecule has 1 aromatic heterocycles. The molecule has 0 aromatic carbocycles. The van der Waals surface area contributed by atoms with Crippen molar-refractivity contribution < 1.29 is 4.79 Å². The first-order valence-electron chi connectivity index (χ1n) is 7.67. The molecule has 3 rings (SSSR count). The molecule has 1 saturated carbocycles. The molecule has 2 fully saturated rings. The van der Waals surface area contributed by atoms with E-state index in [4.69, 9.17) is 5.73 Å². The van der Waals surface area contributed by atoms with Crippen LogP contribution in [-0.2, 0) is 4.79 Å². The van der Waals surface area contributed by atoms with Crippen LogP contribution in [0.15, 0.2) is 18.6 Å². The van der Waals surface area contributed by atoms with Crippen LogP contribution in [0.25, 0.3) is 0 Å². The van der Waals surface area contributed by atoms with Crippen molar-refractivity contribution in [1.29, 1.82) is 0 Å². The molecule has 2 unspecified atom stereocenters. The van der Waals surface area contributed by atoms with Gasteiger partial charge in [-0.3, -0.25) is 9.78 Å². The molecule has 6 heteroatoms. The Hall–Kier alpha value is -1.69. The van der Waals surface area contributed by atoms with Crippen LogP contribution in [0.1, 0.15) is 26.2 Å². The molecule has 1 amide bonds. The van der Waals surface area contributed by atoms with Crippen molar-refractivity contribution in [1.82, 2.24) is 14.9 Å². The normalized spacial score (nSPS) is 29.7. The molecule has 2 atom stereocenters. The Bertz CT molecular complexity index is 500. The molecule has 1 saturated heterocycles. The summed E-state index contributed by atoms with van der Waals surface area (Å²) in [6, 6.07) is 0.00280. The minimum absolute atomic E-state index is 0.00280. The Balaban J connectivity index is 1.62. The lowest BCUT2D eigenvalue weighted by atomic mass is 9.83. The molecule has 2 aliphatic rings. The minimum Gasteiger partial charge on any atom is -0.352 e. The predicted molar refractivity (Wildman–Crippen MR) is 80.8 cm³/mol. The van der Waals surface area contributed by atoms with Gasteiger partial charge in [0, 0.05) is 44.6 Å². The van der Waals surface area contributed by atoms with Crippen LogP contribution in [0.2, 0.25) is 0 Å². The summed E-state index contributed by atoms with van der Waals surface area (Å²) in [6.45, 7) is 5.10. The number of nitrogens with zero attached hydrogens (tertiary/aromatic N) is 4. The highest BCUT2D eigenvalue weighted by atomic mass is 16.2. The summed E-state index contributed by atoms with van der Waals surface area (Å²) in [5, 5.41) is 0. The number of carbonyl (C=O) groups is 1. The monoisotopic (exact) mass is 289 g/mol. The van der Waals surface area contributed by atoms with Crippen LogP contribution in [0.5, 0.6) is 0 Å². The van der Waals surface area contributed by atoms with Gasteiger partial charge in [-0.25, -0.2) is 4.98 Å². The van der Waals surface area contributed by atoms with Gasteiger partial charge in [0.05, 0.1) is 11.6 Å². The van der Waals surface area contributed by atoms with Crippen molar-refractivity contribution in [3.8, 4) is 0 Å². The quantitative estimate of drug-likeness (QED) is 0.865. The van der Waals surface area contributed by atoms with Gasteiger partial charge in [0.1, 0.15) is 5.82 Å². The first-order chi connectivity index (χ1) is 10.1. The first kappa shape index (κ1) is 14.3. The highest BCUT2D eigenvalue weighted by Crippen LogP contribution is 2.38. The third kappa shape index (κ3) is 2.60. The second kappa shape index (κ2) is 5.60. The van der Waals surface area contributed by atoms with E-state index in [1.807, 2.05) is 11.8 Å². The number of amides is 1. The van der Waals surface area contributed by atoms with Crippen molar-refractivity contribution in [2.24, 2.45) is 11.1 Å². The molecular weight excluding hydrogens is 266 g/mol. The molecule has 0 bridgehead atoms. The predicted octanol–water partition coefficient (Wildman–Crippen LogP) is 0.643. The fourth-order valence-electron chi connectivity index (χ4n) is 3.41. The van der Waals surface area contributed by atoms with Gasteiger partial charge in [-0.15, -0.1) is 0 Å². The zero-order valence-corrected chi connectivity index (χ0v) is 12.5. The molecular formula is C15H23N5O. The lowest BCUT2D eigenvalue weighted by Crippen LogP contribution is -2.55. The summed E-state index contributed by atoms with van der Waals surface area (Å²) in [5.41, 5.74) is 5.80. The van der Waals surface area contributed by atoms with Gasteiger partial charge in [-0.05, 0) is 19.8 Å². The van der Waals surface area contributed by atoms with Crippen molar-refractivity contribution in [3.63, 3.8) is 0 Å². The molecule has 114 valence electrons. The van der Waals surface area contributed by atoms with Gasteiger partial charge >= 0.3 is 0 Å². The third-order valence-corrected chi connectivity index (χ3v) is 4.96.